The van der Waals surface area contributed by atoms with Crippen molar-refractivity contribution in [2.24, 2.45) is 23.7 Å². The first-order valence-corrected chi connectivity index (χ1v) is 18.8. The van der Waals surface area contributed by atoms with Crippen molar-refractivity contribution in [3.63, 3.8) is 0 Å². The van der Waals surface area contributed by atoms with Crippen molar-refractivity contribution in [1.82, 2.24) is 9.80 Å². The molecule has 4 aliphatic rings. The molecule has 1 aliphatic carbocycles. The highest BCUT2D eigenvalue weighted by Crippen LogP contribution is 2.52. The predicted octanol–water partition coefficient (Wildman–Crippen LogP) is 7.63. The number of imide groups is 1. The van der Waals surface area contributed by atoms with Crippen molar-refractivity contribution >= 4 is 35.8 Å². The van der Waals surface area contributed by atoms with Gasteiger partial charge in [-0.2, -0.15) is 0 Å². The van der Waals surface area contributed by atoms with Crippen molar-refractivity contribution in [1.29, 1.82) is 0 Å². The summed E-state index contributed by atoms with van der Waals surface area (Å²) in [6.07, 6.45) is 7.89. The molecule has 50 heavy (non-hydrogen) atoms. The van der Waals surface area contributed by atoms with Gasteiger partial charge in [0.25, 0.3) is 0 Å². The molecule has 3 aliphatic heterocycles. The summed E-state index contributed by atoms with van der Waals surface area (Å²) in [7, 11) is -0.973. The number of benzene rings is 3. The molecule has 7 nitrogen and oxygen atoms in total. The van der Waals surface area contributed by atoms with Gasteiger partial charge >= 0.3 is 7.12 Å². The van der Waals surface area contributed by atoms with Crippen molar-refractivity contribution in [2.75, 3.05) is 13.1 Å². The summed E-state index contributed by atoms with van der Waals surface area (Å²) < 4.78 is 6.34. The molecule has 8 heteroatoms. The molecule has 2 amide bonds. The third-order valence-corrected chi connectivity index (χ3v) is 11.7. The van der Waals surface area contributed by atoms with Gasteiger partial charge in [0.1, 0.15) is 5.75 Å². The number of rotatable bonds is 10. The number of nitrogens with zero attached hydrogens (tertiary/aromatic N) is 2. The van der Waals surface area contributed by atoms with E-state index < -0.39 is 13.0 Å². The number of carbonyl (C=O) groups excluding carboxylic acids is 2. The Morgan fingerprint density at radius 2 is 1.66 bits per heavy atom. The van der Waals surface area contributed by atoms with Crippen LogP contribution in [-0.4, -0.2) is 64.1 Å². The molecular formula is C42H51BN2O5. The molecule has 3 aromatic rings. The number of phenolic OH excluding ortho intramolecular Hbond substituents is 1. The van der Waals surface area contributed by atoms with Crippen LogP contribution in [0.1, 0.15) is 76.8 Å². The summed E-state index contributed by atoms with van der Waals surface area (Å²) in [6.45, 7) is 9.15. The minimum atomic E-state index is -0.973. The van der Waals surface area contributed by atoms with Crippen LogP contribution in [0.25, 0.3) is 16.8 Å². The smallest absolute Gasteiger partial charge is 0.455 e. The fourth-order valence-electron chi connectivity index (χ4n) is 9.37. The van der Waals surface area contributed by atoms with E-state index in [1.165, 1.54) is 16.7 Å². The standard InChI is InChI=1S/C42H51BN2O5/c1-4-10-28(23-30-16-17-37(46)33-14-9-8-13-32(30)33)15-18-38-39-34(27(2)3)24-35-40(36(39)25-43(49)50-38)42(48)45(41(35)47)31-19-21-44(22-20-31)26-29-11-6-5-7-12-29/h5-9,11-14,16-17,23,27,31,35-36,38,40,46,49H,4,10,15,18-22,24-26H2,1-3H3/b28-23+/t35-,36+,38-,40-/m1/s1. The fourth-order valence-corrected chi connectivity index (χ4v) is 9.37. The topological polar surface area (TPSA) is 90.3 Å². The molecular weight excluding hydrogens is 623 g/mol. The summed E-state index contributed by atoms with van der Waals surface area (Å²) in [5.41, 5.74) is 6.05. The van der Waals surface area contributed by atoms with Crippen molar-refractivity contribution < 1.29 is 24.4 Å². The third-order valence-electron chi connectivity index (χ3n) is 11.7. The van der Waals surface area contributed by atoms with Gasteiger partial charge in [-0.1, -0.05) is 105 Å². The van der Waals surface area contributed by atoms with Crippen LogP contribution in [0.3, 0.4) is 0 Å². The van der Waals surface area contributed by atoms with Gasteiger partial charge in [0, 0.05) is 31.1 Å². The van der Waals surface area contributed by atoms with Crippen molar-refractivity contribution in [3.05, 3.63) is 94.6 Å². The number of phenols is 1. The summed E-state index contributed by atoms with van der Waals surface area (Å²) in [5, 5.41) is 23.4. The first kappa shape index (κ1) is 34.7. The lowest BCUT2D eigenvalue weighted by molar-refractivity contribution is -0.144. The Morgan fingerprint density at radius 3 is 2.38 bits per heavy atom. The summed E-state index contributed by atoms with van der Waals surface area (Å²) in [6, 6.07) is 22.1. The number of allylic oxidation sites excluding steroid dienone is 2. The molecule has 0 aromatic heterocycles. The number of piperidine rings is 1. The highest BCUT2D eigenvalue weighted by Gasteiger charge is 2.58. The monoisotopic (exact) mass is 674 g/mol. The van der Waals surface area contributed by atoms with E-state index in [-0.39, 0.29) is 47.5 Å². The largest absolute Gasteiger partial charge is 0.507 e. The minimum Gasteiger partial charge on any atom is -0.507 e. The molecule has 0 spiro atoms. The third kappa shape index (κ3) is 6.82. The second-order valence-corrected chi connectivity index (χ2v) is 15.2. The van der Waals surface area contributed by atoms with Crippen LogP contribution in [-0.2, 0) is 20.8 Å². The van der Waals surface area contributed by atoms with Crippen LogP contribution < -0.4 is 0 Å². The van der Waals surface area contributed by atoms with E-state index in [1.54, 1.807) is 11.0 Å². The van der Waals surface area contributed by atoms with E-state index in [0.717, 1.165) is 73.6 Å². The molecule has 0 unspecified atom stereocenters. The maximum Gasteiger partial charge on any atom is 0.455 e. The molecule has 0 radical (unpaired) electrons. The van der Waals surface area contributed by atoms with E-state index in [0.29, 0.717) is 19.2 Å². The Labute approximate surface area is 297 Å². The Bertz CT molecular complexity index is 1780. The molecule has 3 heterocycles. The summed E-state index contributed by atoms with van der Waals surface area (Å²) in [4.78, 5) is 32.6. The molecule has 0 bridgehead atoms. The average Bonchev–Trinajstić information content (AvgIpc) is 3.37. The first-order valence-electron chi connectivity index (χ1n) is 18.8. The highest BCUT2D eigenvalue weighted by atomic mass is 16.5. The van der Waals surface area contributed by atoms with Gasteiger partial charge in [0.15, 0.2) is 0 Å². The van der Waals surface area contributed by atoms with Gasteiger partial charge in [-0.15, -0.1) is 0 Å². The number of aromatic hydroxyl groups is 1. The van der Waals surface area contributed by atoms with E-state index in [4.69, 9.17) is 4.65 Å². The van der Waals surface area contributed by atoms with Crippen molar-refractivity contribution in [3.8, 4) is 5.75 Å². The SMILES string of the molecule is CCC/C(=C\c1ccc(O)c2ccccc12)CC[C@H]1OB(O)C[C@H]2C1=C(C(C)C)C[C@H]1C(=O)N(C3CCN(Cc4ccccc4)CC3)C(=O)[C@H]12. The number of likely N-dealkylation sites (tertiary alicyclic amines) is 2. The lowest BCUT2D eigenvalue weighted by Gasteiger charge is -2.44. The lowest BCUT2D eigenvalue weighted by atomic mass is 9.57. The Hall–Kier alpha value is -3.72. The van der Waals surface area contributed by atoms with Crippen LogP contribution in [0.4, 0.5) is 0 Å². The molecule has 3 aromatic carbocycles. The second kappa shape index (κ2) is 14.9. The predicted molar refractivity (Wildman–Crippen MR) is 199 cm³/mol. The molecule has 3 fully saturated rings. The van der Waals surface area contributed by atoms with E-state index in [2.05, 4.69) is 56.0 Å². The van der Waals surface area contributed by atoms with Gasteiger partial charge < -0.3 is 14.8 Å². The Morgan fingerprint density at radius 1 is 0.940 bits per heavy atom. The molecule has 3 saturated heterocycles. The first-order chi connectivity index (χ1) is 24.2. The molecule has 0 saturated carbocycles. The Kier molecular flexibility index (Phi) is 10.3. The number of fused-ring (bicyclic) bond motifs is 4. The van der Waals surface area contributed by atoms with Gasteiger partial charge in [0.05, 0.1) is 17.9 Å². The van der Waals surface area contributed by atoms with Crippen LogP contribution in [0, 0.1) is 23.7 Å². The quantitative estimate of drug-likeness (QED) is 0.131. The van der Waals surface area contributed by atoms with E-state index >= 15 is 0 Å². The molecule has 262 valence electrons. The number of hydrogen-bond acceptors (Lipinski definition) is 6. The minimum absolute atomic E-state index is 0.00877. The second-order valence-electron chi connectivity index (χ2n) is 15.2. The molecule has 4 atom stereocenters. The maximum absolute atomic E-state index is 14.4. The number of carbonyl (C=O) groups is 2. The van der Waals surface area contributed by atoms with Gasteiger partial charge in [-0.25, -0.2) is 0 Å². The molecule has 7 rings (SSSR count). The zero-order chi connectivity index (χ0) is 34.9. The lowest BCUT2D eigenvalue weighted by Crippen LogP contribution is -2.48. The van der Waals surface area contributed by atoms with Crippen LogP contribution in [0.15, 0.2) is 83.4 Å². The average molecular weight is 675 g/mol. The summed E-state index contributed by atoms with van der Waals surface area (Å²) in [5.74, 6) is -0.545. The highest BCUT2D eigenvalue weighted by molar-refractivity contribution is 6.43. The number of amides is 2. The van der Waals surface area contributed by atoms with E-state index in [1.807, 2.05) is 36.4 Å². The maximum atomic E-state index is 14.4. The van der Waals surface area contributed by atoms with Crippen LogP contribution in [0.2, 0.25) is 6.32 Å². The zero-order valence-corrected chi connectivity index (χ0v) is 29.8. The normalized spacial score (nSPS) is 25.2. The van der Waals surface area contributed by atoms with Crippen LogP contribution in [0.5, 0.6) is 5.75 Å². The Balaban J connectivity index is 1.10. The fraction of sp³-hybridized carbons (Fsp3) is 0.476. The molecule has 2 N–H and O–H groups in total. The van der Waals surface area contributed by atoms with Gasteiger partial charge in [-0.3, -0.25) is 19.4 Å². The zero-order valence-electron chi connectivity index (χ0n) is 29.8. The van der Waals surface area contributed by atoms with E-state index in [9.17, 15) is 19.7 Å². The van der Waals surface area contributed by atoms with Crippen LogP contribution >= 0.6 is 0 Å². The summed E-state index contributed by atoms with van der Waals surface area (Å²) >= 11 is 0. The van der Waals surface area contributed by atoms with Gasteiger partial charge in [-0.05, 0) is 84.8 Å². The van der Waals surface area contributed by atoms with Gasteiger partial charge in [0.2, 0.25) is 11.8 Å². The number of hydrogen-bond donors (Lipinski definition) is 2. The van der Waals surface area contributed by atoms with Crippen molar-refractivity contribution in [2.45, 2.75) is 90.7 Å².